The zero-order chi connectivity index (χ0) is 17.4. The lowest BCUT2D eigenvalue weighted by molar-refractivity contribution is -0.142. The van der Waals surface area contributed by atoms with Crippen LogP contribution in [0.4, 0.5) is 0 Å². The predicted molar refractivity (Wildman–Crippen MR) is 95.9 cm³/mol. The number of carbonyl (C=O) groups excluding carboxylic acids is 1. The number of hydrogen-bond acceptors (Lipinski definition) is 5. The smallest absolute Gasteiger partial charge is 0.322 e. The summed E-state index contributed by atoms with van der Waals surface area (Å²) in [4.78, 5) is 18.3. The van der Waals surface area contributed by atoms with Crippen LogP contribution >= 0.6 is 0 Å². The van der Waals surface area contributed by atoms with Crippen molar-refractivity contribution in [1.29, 1.82) is 0 Å². The summed E-state index contributed by atoms with van der Waals surface area (Å²) in [6.45, 7) is 1.83. The fourth-order valence-electron chi connectivity index (χ4n) is 3.19. The third-order valence-corrected chi connectivity index (χ3v) is 4.78. The van der Waals surface area contributed by atoms with Gasteiger partial charge in [0.1, 0.15) is 6.04 Å². The van der Waals surface area contributed by atoms with Crippen LogP contribution in [0.3, 0.4) is 0 Å². The van der Waals surface area contributed by atoms with Gasteiger partial charge in [-0.2, -0.15) is 0 Å². The quantitative estimate of drug-likeness (QED) is 0.554. The Balaban J connectivity index is 1.63. The number of hydrogen-bond donors (Lipinski definition) is 1. The molecule has 0 fully saturated rings. The summed E-state index contributed by atoms with van der Waals surface area (Å²) in [6, 6.07) is 3.96. The highest BCUT2D eigenvalue weighted by molar-refractivity contribution is 5.75. The second-order valence-electron chi connectivity index (χ2n) is 6.79. The lowest BCUT2D eigenvalue weighted by Crippen LogP contribution is -2.35. The maximum atomic E-state index is 11.3. The summed E-state index contributed by atoms with van der Waals surface area (Å²) in [5.74, 6) is -0.332. The average Bonchev–Trinajstić information content (AvgIpc) is 2.62. The van der Waals surface area contributed by atoms with E-state index in [4.69, 9.17) is 10.7 Å². The highest BCUT2D eigenvalue weighted by atomic mass is 16.5. The lowest BCUT2D eigenvalue weighted by atomic mass is 9.95. The van der Waals surface area contributed by atoms with E-state index in [0.717, 1.165) is 38.8 Å². The second-order valence-corrected chi connectivity index (χ2v) is 6.79. The van der Waals surface area contributed by atoms with Gasteiger partial charge in [0.2, 0.25) is 0 Å². The number of carbonyl (C=O) groups is 1. The molecule has 1 aromatic heterocycles. The van der Waals surface area contributed by atoms with Gasteiger partial charge in [-0.05, 0) is 83.1 Å². The molecule has 1 heterocycles. The van der Waals surface area contributed by atoms with Crippen LogP contribution in [0.2, 0.25) is 0 Å². The molecular formula is C19H31N3O2. The third kappa shape index (κ3) is 5.87. The Labute approximate surface area is 145 Å². The van der Waals surface area contributed by atoms with Crippen molar-refractivity contribution in [2.24, 2.45) is 5.73 Å². The first-order chi connectivity index (χ1) is 11.6. The molecule has 5 nitrogen and oxygen atoms in total. The molecule has 2 rings (SSSR count). The van der Waals surface area contributed by atoms with E-state index in [1.165, 1.54) is 43.3 Å². The first-order valence-corrected chi connectivity index (χ1v) is 9.09. The van der Waals surface area contributed by atoms with Gasteiger partial charge in [-0.3, -0.25) is 9.78 Å². The molecule has 0 unspecified atom stereocenters. The largest absolute Gasteiger partial charge is 0.468 e. The number of fused-ring (bicyclic) bond motifs is 1. The molecule has 1 aliphatic rings. The van der Waals surface area contributed by atoms with Gasteiger partial charge in [-0.25, -0.2) is 0 Å². The van der Waals surface area contributed by atoms with E-state index in [0.29, 0.717) is 6.42 Å². The molecule has 1 atom stereocenters. The monoisotopic (exact) mass is 333 g/mol. The predicted octanol–water partition coefficient (Wildman–Crippen LogP) is 2.11. The van der Waals surface area contributed by atoms with Crippen molar-refractivity contribution in [3.05, 3.63) is 29.1 Å². The molecular weight excluding hydrogens is 302 g/mol. The lowest BCUT2D eigenvalue weighted by Gasteiger charge is -2.18. The number of aryl methyl sites for hydroxylation is 3. The molecule has 0 aromatic carbocycles. The van der Waals surface area contributed by atoms with Gasteiger partial charge in [0.05, 0.1) is 7.11 Å². The fourth-order valence-corrected chi connectivity index (χ4v) is 3.19. The van der Waals surface area contributed by atoms with Gasteiger partial charge in [0.25, 0.3) is 0 Å². The molecule has 0 saturated carbocycles. The van der Waals surface area contributed by atoms with Crippen molar-refractivity contribution in [2.75, 3.05) is 27.2 Å². The topological polar surface area (TPSA) is 68.5 Å². The molecule has 134 valence electrons. The Hall–Kier alpha value is -1.46. The van der Waals surface area contributed by atoms with Crippen LogP contribution in [0, 0.1) is 0 Å². The highest BCUT2D eigenvalue weighted by Gasteiger charge is 2.14. The molecule has 0 spiro atoms. The number of methoxy groups -OCH3 is 1. The molecule has 1 aromatic rings. The van der Waals surface area contributed by atoms with E-state index in [1.54, 1.807) is 0 Å². The van der Waals surface area contributed by atoms with E-state index < -0.39 is 6.04 Å². The van der Waals surface area contributed by atoms with Gasteiger partial charge in [-0.1, -0.05) is 6.07 Å². The number of rotatable bonds is 9. The Morgan fingerprint density at radius 1 is 1.29 bits per heavy atom. The van der Waals surface area contributed by atoms with Crippen molar-refractivity contribution in [3.63, 3.8) is 0 Å². The first kappa shape index (κ1) is 18.9. The van der Waals surface area contributed by atoms with E-state index in [2.05, 4.69) is 28.8 Å². The van der Waals surface area contributed by atoms with Gasteiger partial charge in [0.15, 0.2) is 0 Å². The van der Waals surface area contributed by atoms with E-state index in [1.807, 2.05) is 0 Å². The summed E-state index contributed by atoms with van der Waals surface area (Å²) in [5, 5.41) is 0. The minimum Gasteiger partial charge on any atom is -0.468 e. The summed E-state index contributed by atoms with van der Waals surface area (Å²) < 4.78 is 4.64. The number of unbranched alkanes of at least 4 members (excludes halogenated alkanes) is 1. The molecule has 0 bridgehead atoms. The van der Waals surface area contributed by atoms with Crippen molar-refractivity contribution in [1.82, 2.24) is 9.88 Å². The molecule has 0 saturated heterocycles. The number of pyridine rings is 1. The van der Waals surface area contributed by atoms with Crippen LogP contribution < -0.4 is 5.73 Å². The van der Waals surface area contributed by atoms with Crippen LogP contribution in [-0.4, -0.2) is 49.1 Å². The SMILES string of the molecule is COC(=O)[C@@H](N)CCN(C)CCCCc1ccc2c(n1)CCCC2. The summed E-state index contributed by atoms with van der Waals surface area (Å²) in [5.41, 5.74) is 9.76. The standard InChI is InChI=1S/C19H31N3O2/c1-22(14-12-17(20)19(23)24-2)13-6-5-8-16-11-10-15-7-3-4-9-18(15)21-16/h10-11,17H,3-9,12-14,20H2,1-2H3/t17-/m0/s1. The van der Waals surface area contributed by atoms with Crippen LogP contribution in [0.15, 0.2) is 12.1 Å². The number of nitrogens with two attached hydrogens (primary N) is 1. The van der Waals surface area contributed by atoms with Crippen LogP contribution in [0.1, 0.15) is 49.1 Å². The Bertz CT molecular complexity index is 533. The van der Waals surface area contributed by atoms with Crippen LogP contribution in [0.5, 0.6) is 0 Å². The molecule has 0 radical (unpaired) electrons. The maximum absolute atomic E-state index is 11.3. The molecule has 5 heteroatoms. The Morgan fingerprint density at radius 3 is 2.88 bits per heavy atom. The normalized spacial score (nSPS) is 15.2. The van der Waals surface area contributed by atoms with Crippen molar-refractivity contribution in [2.45, 2.75) is 57.4 Å². The fraction of sp³-hybridized carbons (Fsp3) is 0.684. The van der Waals surface area contributed by atoms with Crippen molar-refractivity contribution in [3.8, 4) is 0 Å². The molecule has 24 heavy (non-hydrogen) atoms. The molecule has 0 aliphatic heterocycles. The number of nitrogens with zero attached hydrogens (tertiary/aromatic N) is 2. The van der Waals surface area contributed by atoms with Crippen molar-refractivity contribution >= 4 is 5.97 Å². The Kier molecular flexibility index (Phi) is 7.66. The average molecular weight is 333 g/mol. The molecule has 0 amide bonds. The van der Waals surface area contributed by atoms with E-state index in [9.17, 15) is 4.79 Å². The minimum atomic E-state index is -0.517. The van der Waals surface area contributed by atoms with E-state index >= 15 is 0 Å². The number of aromatic nitrogens is 1. The maximum Gasteiger partial charge on any atom is 0.322 e. The summed E-state index contributed by atoms with van der Waals surface area (Å²) >= 11 is 0. The second kappa shape index (κ2) is 9.74. The zero-order valence-corrected chi connectivity index (χ0v) is 15.1. The first-order valence-electron chi connectivity index (χ1n) is 9.09. The van der Waals surface area contributed by atoms with Gasteiger partial charge in [0, 0.05) is 11.4 Å². The molecule has 2 N–H and O–H groups in total. The van der Waals surface area contributed by atoms with Gasteiger partial charge < -0.3 is 15.4 Å². The van der Waals surface area contributed by atoms with E-state index in [-0.39, 0.29) is 5.97 Å². The zero-order valence-electron chi connectivity index (χ0n) is 15.1. The van der Waals surface area contributed by atoms with Crippen molar-refractivity contribution < 1.29 is 9.53 Å². The van der Waals surface area contributed by atoms with Crippen LogP contribution in [-0.2, 0) is 28.8 Å². The summed E-state index contributed by atoms with van der Waals surface area (Å²) in [7, 11) is 3.45. The minimum absolute atomic E-state index is 0.332. The van der Waals surface area contributed by atoms with Crippen LogP contribution in [0.25, 0.3) is 0 Å². The third-order valence-electron chi connectivity index (χ3n) is 4.78. The highest BCUT2D eigenvalue weighted by Crippen LogP contribution is 2.20. The summed E-state index contributed by atoms with van der Waals surface area (Å²) in [6.07, 6.45) is 8.87. The van der Waals surface area contributed by atoms with Gasteiger partial charge >= 0.3 is 5.97 Å². The number of esters is 1. The van der Waals surface area contributed by atoms with Gasteiger partial charge in [-0.15, -0.1) is 0 Å². The number of ether oxygens (including phenoxy) is 1. The Morgan fingerprint density at radius 2 is 2.08 bits per heavy atom. The molecule has 1 aliphatic carbocycles.